The van der Waals surface area contributed by atoms with Crippen molar-refractivity contribution in [3.8, 4) is 0 Å². The van der Waals surface area contributed by atoms with E-state index in [-0.39, 0.29) is 0 Å². The molecule has 0 spiro atoms. The summed E-state index contributed by atoms with van der Waals surface area (Å²) in [6.45, 7) is 3.32. The summed E-state index contributed by atoms with van der Waals surface area (Å²) in [5.41, 5.74) is 1.33. The Morgan fingerprint density at radius 1 is 1.75 bits per heavy atom. The van der Waals surface area contributed by atoms with Gasteiger partial charge >= 0.3 is 0 Å². The van der Waals surface area contributed by atoms with Gasteiger partial charge in [-0.25, -0.2) is 4.37 Å². The van der Waals surface area contributed by atoms with Gasteiger partial charge < -0.3 is 10.2 Å². The maximum atomic E-state index is 4.11. The van der Waals surface area contributed by atoms with Crippen molar-refractivity contribution in [1.29, 1.82) is 0 Å². The maximum Gasteiger partial charge on any atom is 0.0473 e. The summed E-state index contributed by atoms with van der Waals surface area (Å²) >= 11 is 1.53. The third kappa shape index (κ3) is 1.65. The number of hydrogen-bond acceptors (Lipinski definition) is 4. The van der Waals surface area contributed by atoms with E-state index < -0.39 is 0 Å². The van der Waals surface area contributed by atoms with E-state index in [0.717, 1.165) is 19.6 Å². The molecule has 1 N–H and O–H groups in total. The van der Waals surface area contributed by atoms with E-state index in [1.807, 2.05) is 6.20 Å². The molecule has 4 heteroatoms. The molecule has 0 aliphatic carbocycles. The first kappa shape index (κ1) is 8.16. The van der Waals surface area contributed by atoms with E-state index in [2.05, 4.69) is 27.0 Å². The summed E-state index contributed by atoms with van der Waals surface area (Å²) in [5.74, 6) is 0. The lowest BCUT2D eigenvalue weighted by Gasteiger charge is -2.30. The highest BCUT2D eigenvalue weighted by Gasteiger charge is 2.18. The van der Waals surface area contributed by atoms with Crippen LogP contribution in [0.4, 0.5) is 0 Å². The molecule has 1 saturated heterocycles. The monoisotopic (exact) mass is 183 g/mol. The number of nitrogens with zero attached hydrogens (tertiary/aromatic N) is 2. The molecule has 1 aliphatic rings. The molecule has 1 atom stereocenters. The van der Waals surface area contributed by atoms with Crippen LogP contribution in [0.15, 0.2) is 11.6 Å². The normalized spacial score (nSPS) is 25.9. The lowest BCUT2D eigenvalue weighted by Crippen LogP contribution is -2.43. The number of nitrogens with one attached hydrogen (secondary N) is 1. The Bertz CT molecular complexity index is 234. The smallest absolute Gasteiger partial charge is 0.0473 e. The molecular weight excluding hydrogens is 170 g/mol. The number of hydrogen-bond donors (Lipinski definition) is 1. The summed E-state index contributed by atoms with van der Waals surface area (Å²) in [4.78, 5) is 2.35. The van der Waals surface area contributed by atoms with Crippen LogP contribution in [0.25, 0.3) is 0 Å². The molecule has 1 fully saturated rings. The maximum absolute atomic E-state index is 4.11. The fourth-order valence-electron chi connectivity index (χ4n) is 1.51. The summed E-state index contributed by atoms with van der Waals surface area (Å²) < 4.78 is 4.11. The van der Waals surface area contributed by atoms with Crippen molar-refractivity contribution in [3.63, 3.8) is 0 Å². The molecule has 0 amide bonds. The SMILES string of the molecule is CN1CCNC(c2cnsc2)C1. The largest absolute Gasteiger partial charge is 0.308 e. The Morgan fingerprint density at radius 3 is 3.33 bits per heavy atom. The van der Waals surface area contributed by atoms with Crippen molar-refractivity contribution >= 4 is 11.5 Å². The van der Waals surface area contributed by atoms with Gasteiger partial charge in [0.15, 0.2) is 0 Å². The first-order chi connectivity index (χ1) is 5.86. The van der Waals surface area contributed by atoms with Crippen molar-refractivity contribution in [2.24, 2.45) is 0 Å². The predicted molar refractivity (Wildman–Crippen MR) is 50.4 cm³/mol. The van der Waals surface area contributed by atoms with Gasteiger partial charge in [-0.15, -0.1) is 0 Å². The van der Waals surface area contributed by atoms with Crippen LogP contribution in [0.3, 0.4) is 0 Å². The number of aromatic nitrogens is 1. The van der Waals surface area contributed by atoms with E-state index in [4.69, 9.17) is 0 Å². The van der Waals surface area contributed by atoms with E-state index in [1.165, 1.54) is 17.1 Å². The van der Waals surface area contributed by atoms with Crippen LogP contribution < -0.4 is 5.32 Å². The van der Waals surface area contributed by atoms with Gasteiger partial charge in [0.25, 0.3) is 0 Å². The lowest BCUT2D eigenvalue weighted by molar-refractivity contribution is 0.241. The van der Waals surface area contributed by atoms with E-state index in [9.17, 15) is 0 Å². The average Bonchev–Trinajstić information content (AvgIpc) is 2.56. The molecule has 1 aliphatic heterocycles. The molecule has 1 aromatic rings. The number of rotatable bonds is 1. The van der Waals surface area contributed by atoms with Gasteiger partial charge in [0.1, 0.15) is 0 Å². The van der Waals surface area contributed by atoms with Gasteiger partial charge in [0, 0.05) is 42.8 Å². The zero-order valence-corrected chi connectivity index (χ0v) is 7.97. The van der Waals surface area contributed by atoms with E-state index in [1.54, 1.807) is 0 Å². The van der Waals surface area contributed by atoms with Gasteiger partial charge in [0.05, 0.1) is 0 Å². The molecule has 1 unspecified atom stereocenters. The standard InChI is InChI=1S/C8H13N3S/c1-11-3-2-9-8(5-11)7-4-10-12-6-7/h4,6,8-9H,2-3,5H2,1H3. The summed E-state index contributed by atoms with van der Waals surface area (Å²) in [5, 5.41) is 5.60. The fraction of sp³-hybridized carbons (Fsp3) is 0.625. The molecule has 66 valence electrons. The van der Waals surface area contributed by atoms with Crippen molar-refractivity contribution in [3.05, 3.63) is 17.1 Å². The third-order valence-electron chi connectivity index (χ3n) is 2.23. The topological polar surface area (TPSA) is 28.2 Å². The third-order valence-corrected chi connectivity index (χ3v) is 2.84. The highest BCUT2D eigenvalue weighted by atomic mass is 32.1. The Morgan fingerprint density at radius 2 is 2.67 bits per heavy atom. The quantitative estimate of drug-likeness (QED) is 0.695. The van der Waals surface area contributed by atoms with Crippen molar-refractivity contribution < 1.29 is 0 Å². The molecule has 0 bridgehead atoms. The van der Waals surface area contributed by atoms with Crippen LogP contribution in [0.5, 0.6) is 0 Å². The zero-order valence-electron chi connectivity index (χ0n) is 7.16. The molecular formula is C8H13N3S. The average molecular weight is 183 g/mol. The second-order valence-corrected chi connectivity index (χ2v) is 3.88. The molecule has 1 aromatic heterocycles. The Hall–Kier alpha value is -0.450. The molecule has 0 saturated carbocycles. The van der Waals surface area contributed by atoms with Gasteiger partial charge in [-0.3, -0.25) is 0 Å². The highest BCUT2D eigenvalue weighted by Crippen LogP contribution is 2.16. The Kier molecular flexibility index (Phi) is 2.39. The van der Waals surface area contributed by atoms with Crippen LogP contribution in [0.2, 0.25) is 0 Å². The Labute approximate surface area is 76.6 Å². The lowest BCUT2D eigenvalue weighted by atomic mass is 10.1. The fourth-order valence-corrected chi connectivity index (χ4v) is 2.10. The number of piperazine rings is 1. The molecule has 12 heavy (non-hydrogen) atoms. The minimum atomic E-state index is 0.488. The van der Waals surface area contributed by atoms with Crippen LogP contribution in [-0.2, 0) is 0 Å². The summed E-state index contributed by atoms with van der Waals surface area (Å²) in [7, 11) is 2.16. The van der Waals surface area contributed by atoms with Gasteiger partial charge in [-0.2, -0.15) is 0 Å². The van der Waals surface area contributed by atoms with E-state index >= 15 is 0 Å². The van der Waals surface area contributed by atoms with Crippen LogP contribution >= 0.6 is 11.5 Å². The first-order valence-corrected chi connectivity index (χ1v) is 5.01. The summed E-state index contributed by atoms with van der Waals surface area (Å²) in [6, 6.07) is 0.488. The van der Waals surface area contributed by atoms with E-state index in [0.29, 0.717) is 6.04 Å². The second-order valence-electron chi connectivity index (χ2n) is 3.23. The van der Waals surface area contributed by atoms with Crippen molar-refractivity contribution in [2.45, 2.75) is 6.04 Å². The number of likely N-dealkylation sites (N-methyl/N-ethyl adjacent to an activating group) is 1. The van der Waals surface area contributed by atoms with Gasteiger partial charge in [-0.05, 0) is 18.6 Å². The molecule has 0 aromatic carbocycles. The summed E-state index contributed by atoms with van der Waals surface area (Å²) in [6.07, 6.45) is 1.96. The minimum absolute atomic E-state index is 0.488. The van der Waals surface area contributed by atoms with Crippen molar-refractivity contribution in [1.82, 2.24) is 14.6 Å². The zero-order chi connectivity index (χ0) is 8.39. The molecule has 3 nitrogen and oxygen atoms in total. The van der Waals surface area contributed by atoms with Crippen molar-refractivity contribution in [2.75, 3.05) is 26.7 Å². The molecule has 2 heterocycles. The minimum Gasteiger partial charge on any atom is -0.308 e. The van der Waals surface area contributed by atoms with Crippen LogP contribution in [0.1, 0.15) is 11.6 Å². The molecule has 0 radical (unpaired) electrons. The highest BCUT2D eigenvalue weighted by molar-refractivity contribution is 7.03. The Balaban J connectivity index is 2.04. The second kappa shape index (κ2) is 3.51. The predicted octanol–water partition coefficient (Wildman–Crippen LogP) is 0.719. The first-order valence-electron chi connectivity index (χ1n) is 4.17. The molecule has 2 rings (SSSR count). The van der Waals surface area contributed by atoms with Gasteiger partial charge in [0.2, 0.25) is 0 Å². The van der Waals surface area contributed by atoms with Gasteiger partial charge in [-0.1, -0.05) is 0 Å². The van der Waals surface area contributed by atoms with Crippen LogP contribution in [-0.4, -0.2) is 36.0 Å². The van der Waals surface area contributed by atoms with Crippen LogP contribution in [0, 0.1) is 0 Å².